The molecule has 0 radical (unpaired) electrons. The maximum Gasteiger partial charge on any atom is 0.0598 e. The van der Waals surface area contributed by atoms with Crippen molar-refractivity contribution in [3.63, 3.8) is 0 Å². The number of rotatable bonds is 7. The van der Waals surface area contributed by atoms with E-state index in [9.17, 15) is 5.11 Å². The molecular weight excluding hydrogens is 226 g/mol. The first kappa shape index (κ1) is 11.5. The zero-order chi connectivity index (χ0) is 10.5. The van der Waals surface area contributed by atoms with Gasteiger partial charge in [0.2, 0.25) is 0 Å². The topological polar surface area (TPSA) is 32.3 Å². The summed E-state index contributed by atoms with van der Waals surface area (Å²) in [6.45, 7) is 0.265. The molecule has 15 heavy (non-hydrogen) atoms. The maximum absolute atomic E-state index is 9.19. The van der Waals surface area contributed by atoms with Gasteiger partial charge in [-0.15, -0.1) is 23.1 Å². The van der Waals surface area contributed by atoms with Gasteiger partial charge in [-0.2, -0.15) is 0 Å². The fraction of sp³-hybridized carbons (Fsp3) is 0.636. The van der Waals surface area contributed by atoms with Crippen LogP contribution in [0.3, 0.4) is 0 Å². The van der Waals surface area contributed by atoms with Crippen LogP contribution in [-0.4, -0.2) is 29.5 Å². The van der Waals surface area contributed by atoms with Gasteiger partial charge in [0.05, 0.1) is 10.8 Å². The molecule has 0 saturated heterocycles. The molecule has 2 N–H and O–H groups in total. The van der Waals surface area contributed by atoms with Crippen LogP contribution in [-0.2, 0) is 0 Å². The van der Waals surface area contributed by atoms with Crippen molar-refractivity contribution in [1.82, 2.24) is 5.32 Å². The molecule has 1 atom stereocenters. The Kier molecular flexibility index (Phi) is 4.50. The highest BCUT2D eigenvalue weighted by Gasteiger charge is 2.23. The predicted molar refractivity (Wildman–Crippen MR) is 66.7 cm³/mol. The molecule has 1 aliphatic rings. The number of thioether (sulfide) groups is 1. The van der Waals surface area contributed by atoms with Crippen LogP contribution in [0.5, 0.6) is 0 Å². The Balaban J connectivity index is 1.62. The number of nitrogens with one attached hydrogen (secondary N) is 1. The molecule has 0 spiro atoms. The van der Waals surface area contributed by atoms with Crippen molar-refractivity contribution in [3.8, 4) is 0 Å². The van der Waals surface area contributed by atoms with E-state index >= 15 is 0 Å². The van der Waals surface area contributed by atoms with Crippen molar-refractivity contribution in [2.24, 2.45) is 0 Å². The SMILES string of the molecule is OCC(CCSc1cccs1)NC1CC1. The summed E-state index contributed by atoms with van der Waals surface area (Å²) in [5.74, 6) is 1.09. The summed E-state index contributed by atoms with van der Waals surface area (Å²) in [6, 6.07) is 5.22. The number of aliphatic hydroxyl groups is 1. The standard InChI is InChI=1S/C11H17NOS2/c13-8-10(12-9-3-4-9)5-7-15-11-2-1-6-14-11/h1-2,6,9-10,12-13H,3-5,7-8H2. The first-order chi connectivity index (χ1) is 7.38. The largest absolute Gasteiger partial charge is 0.395 e. The van der Waals surface area contributed by atoms with Gasteiger partial charge in [-0.25, -0.2) is 0 Å². The second-order valence-corrected chi connectivity index (χ2v) is 6.23. The lowest BCUT2D eigenvalue weighted by molar-refractivity contribution is 0.239. The molecule has 1 aliphatic carbocycles. The lowest BCUT2D eigenvalue weighted by Crippen LogP contribution is -2.34. The molecule has 0 aliphatic heterocycles. The van der Waals surface area contributed by atoms with Gasteiger partial charge in [-0.3, -0.25) is 0 Å². The molecular formula is C11H17NOS2. The lowest BCUT2D eigenvalue weighted by Gasteiger charge is -2.14. The van der Waals surface area contributed by atoms with E-state index in [0.717, 1.165) is 12.2 Å². The van der Waals surface area contributed by atoms with E-state index in [2.05, 4.69) is 22.8 Å². The average Bonchev–Trinajstić information content (AvgIpc) is 2.91. The van der Waals surface area contributed by atoms with Gasteiger partial charge in [0.25, 0.3) is 0 Å². The summed E-state index contributed by atoms with van der Waals surface area (Å²) in [4.78, 5) is 0. The van der Waals surface area contributed by atoms with Gasteiger partial charge in [-0.05, 0) is 30.7 Å². The monoisotopic (exact) mass is 243 g/mol. The normalized spacial score (nSPS) is 17.9. The van der Waals surface area contributed by atoms with Crippen LogP contribution < -0.4 is 5.32 Å². The minimum atomic E-state index is 0.265. The third-order valence-electron chi connectivity index (χ3n) is 2.47. The van der Waals surface area contributed by atoms with Crippen molar-refractivity contribution in [1.29, 1.82) is 0 Å². The van der Waals surface area contributed by atoms with Crippen LogP contribution in [0.25, 0.3) is 0 Å². The summed E-state index contributed by atoms with van der Waals surface area (Å²) < 4.78 is 1.37. The van der Waals surface area contributed by atoms with Crippen LogP contribution in [0.15, 0.2) is 21.7 Å². The van der Waals surface area contributed by atoms with Crippen molar-refractivity contribution >= 4 is 23.1 Å². The van der Waals surface area contributed by atoms with Crippen LogP contribution in [0.1, 0.15) is 19.3 Å². The van der Waals surface area contributed by atoms with Gasteiger partial charge < -0.3 is 10.4 Å². The highest BCUT2D eigenvalue weighted by molar-refractivity contribution is 8.01. The Hall–Kier alpha value is -0.0300. The van der Waals surface area contributed by atoms with Crippen LogP contribution in [0.4, 0.5) is 0 Å². The minimum Gasteiger partial charge on any atom is -0.395 e. The second-order valence-electron chi connectivity index (χ2n) is 3.89. The summed E-state index contributed by atoms with van der Waals surface area (Å²) in [6.07, 6.45) is 3.62. The number of thiophene rings is 1. The quantitative estimate of drug-likeness (QED) is 0.721. The Labute approximate surface area is 99.1 Å². The predicted octanol–water partition coefficient (Wildman–Crippen LogP) is 2.34. The first-order valence-corrected chi connectivity index (χ1v) is 7.28. The minimum absolute atomic E-state index is 0.265. The highest BCUT2D eigenvalue weighted by Crippen LogP contribution is 2.25. The van der Waals surface area contributed by atoms with E-state index in [4.69, 9.17) is 0 Å². The number of hydrogen-bond donors (Lipinski definition) is 2. The number of hydrogen-bond acceptors (Lipinski definition) is 4. The highest BCUT2D eigenvalue weighted by atomic mass is 32.2. The Bertz CT molecular complexity index is 272. The third kappa shape index (κ3) is 4.15. The fourth-order valence-corrected chi connectivity index (χ4v) is 3.37. The van der Waals surface area contributed by atoms with E-state index in [1.807, 2.05) is 11.8 Å². The zero-order valence-electron chi connectivity index (χ0n) is 8.69. The van der Waals surface area contributed by atoms with Gasteiger partial charge in [0.15, 0.2) is 0 Å². The van der Waals surface area contributed by atoms with Gasteiger partial charge in [0.1, 0.15) is 0 Å². The molecule has 0 aromatic carbocycles. The molecule has 2 rings (SSSR count). The van der Waals surface area contributed by atoms with E-state index in [1.54, 1.807) is 11.3 Å². The van der Waals surface area contributed by atoms with E-state index in [1.165, 1.54) is 17.1 Å². The van der Waals surface area contributed by atoms with Crippen LogP contribution in [0.2, 0.25) is 0 Å². The molecule has 0 bridgehead atoms. The zero-order valence-corrected chi connectivity index (χ0v) is 10.3. The number of aliphatic hydroxyl groups excluding tert-OH is 1. The molecule has 1 fully saturated rings. The summed E-state index contributed by atoms with van der Waals surface area (Å²) in [5, 5.41) is 14.8. The Morgan fingerprint density at radius 1 is 1.60 bits per heavy atom. The second kappa shape index (κ2) is 5.89. The fourth-order valence-electron chi connectivity index (χ4n) is 1.46. The Morgan fingerprint density at radius 2 is 2.47 bits per heavy atom. The van der Waals surface area contributed by atoms with Gasteiger partial charge in [0, 0.05) is 17.8 Å². The summed E-state index contributed by atoms with van der Waals surface area (Å²) >= 11 is 3.67. The van der Waals surface area contributed by atoms with Crippen molar-refractivity contribution in [2.45, 2.75) is 35.6 Å². The van der Waals surface area contributed by atoms with Crippen LogP contribution in [0, 0.1) is 0 Å². The molecule has 4 heteroatoms. The molecule has 84 valence electrons. The molecule has 2 nitrogen and oxygen atoms in total. The third-order valence-corrected chi connectivity index (χ3v) is 4.64. The molecule has 0 amide bonds. The van der Waals surface area contributed by atoms with Gasteiger partial charge in [-0.1, -0.05) is 6.07 Å². The molecule has 1 aromatic heterocycles. The van der Waals surface area contributed by atoms with Crippen molar-refractivity contribution in [2.75, 3.05) is 12.4 Å². The summed E-state index contributed by atoms with van der Waals surface area (Å²) in [7, 11) is 0. The van der Waals surface area contributed by atoms with Crippen molar-refractivity contribution in [3.05, 3.63) is 17.5 Å². The van der Waals surface area contributed by atoms with E-state index in [0.29, 0.717) is 12.1 Å². The van der Waals surface area contributed by atoms with Crippen LogP contribution >= 0.6 is 23.1 Å². The molecule has 1 unspecified atom stereocenters. The molecule has 1 saturated carbocycles. The van der Waals surface area contributed by atoms with E-state index < -0.39 is 0 Å². The molecule has 1 heterocycles. The van der Waals surface area contributed by atoms with E-state index in [-0.39, 0.29) is 6.61 Å². The average molecular weight is 243 g/mol. The molecule has 1 aromatic rings. The lowest BCUT2D eigenvalue weighted by atomic mass is 10.2. The maximum atomic E-state index is 9.19. The Morgan fingerprint density at radius 3 is 3.07 bits per heavy atom. The smallest absolute Gasteiger partial charge is 0.0598 e. The van der Waals surface area contributed by atoms with Crippen molar-refractivity contribution < 1.29 is 5.11 Å². The van der Waals surface area contributed by atoms with Gasteiger partial charge >= 0.3 is 0 Å². The first-order valence-electron chi connectivity index (χ1n) is 5.41. The summed E-state index contributed by atoms with van der Waals surface area (Å²) in [5.41, 5.74) is 0.